The van der Waals surface area contributed by atoms with E-state index in [4.69, 9.17) is 5.41 Å². The summed E-state index contributed by atoms with van der Waals surface area (Å²) in [6.07, 6.45) is 1.29. The van der Waals surface area contributed by atoms with Crippen LogP contribution in [0.4, 0.5) is 0 Å². The molecule has 0 atom stereocenters. The molecule has 4 nitrogen and oxygen atoms in total. The van der Waals surface area contributed by atoms with Crippen molar-refractivity contribution in [3.05, 3.63) is 144 Å². The fourth-order valence-electron chi connectivity index (χ4n) is 7.83. The number of nitriles is 1. The molecule has 0 radical (unpaired) electrons. The molecule has 0 bridgehead atoms. The van der Waals surface area contributed by atoms with Gasteiger partial charge >= 0.3 is 0 Å². The van der Waals surface area contributed by atoms with Gasteiger partial charge in [-0.25, -0.2) is 0 Å². The van der Waals surface area contributed by atoms with Gasteiger partial charge in [-0.15, -0.1) is 0 Å². The summed E-state index contributed by atoms with van der Waals surface area (Å²) < 4.78 is 4.55. The molecule has 0 aliphatic heterocycles. The molecule has 45 heavy (non-hydrogen) atoms. The van der Waals surface area contributed by atoms with Gasteiger partial charge < -0.3 is 14.5 Å². The minimum absolute atomic E-state index is 0.154. The highest BCUT2D eigenvalue weighted by molar-refractivity contribution is 6.13. The number of hydrogen-bond donors (Lipinski definition) is 1. The minimum Gasteiger partial charge on any atom is -0.308 e. The highest BCUT2D eigenvalue weighted by Gasteiger charge is 2.36. The second-order valence-electron chi connectivity index (χ2n) is 12.5. The number of nitrogens with one attached hydrogen (secondary N) is 1. The van der Waals surface area contributed by atoms with E-state index in [0.717, 1.165) is 44.2 Å². The summed E-state index contributed by atoms with van der Waals surface area (Å²) in [5, 5.41) is 23.6. The van der Waals surface area contributed by atoms with E-state index in [9.17, 15) is 5.26 Å². The topological polar surface area (TPSA) is 57.5 Å². The largest absolute Gasteiger partial charge is 0.308 e. The van der Waals surface area contributed by atoms with E-state index in [1.807, 2.05) is 18.2 Å². The third kappa shape index (κ3) is 3.27. The van der Waals surface area contributed by atoms with E-state index in [1.165, 1.54) is 39.2 Å². The number of hydrogen-bond acceptors (Lipinski definition) is 2. The van der Waals surface area contributed by atoms with Crippen molar-refractivity contribution in [1.29, 1.82) is 10.7 Å². The maximum absolute atomic E-state index is 10.7. The molecule has 8 aromatic rings. The Bertz CT molecular complexity index is 2550. The van der Waals surface area contributed by atoms with Crippen LogP contribution >= 0.6 is 0 Å². The molecule has 4 heteroatoms. The van der Waals surface area contributed by atoms with Crippen LogP contribution in [0.15, 0.2) is 121 Å². The van der Waals surface area contributed by atoms with Crippen LogP contribution in [-0.4, -0.2) is 15.3 Å². The number of nitrogens with zero attached hydrogens (tertiary/aromatic N) is 3. The van der Waals surface area contributed by atoms with Crippen molar-refractivity contribution in [1.82, 2.24) is 9.13 Å². The van der Waals surface area contributed by atoms with E-state index in [-0.39, 0.29) is 5.41 Å². The van der Waals surface area contributed by atoms with Crippen molar-refractivity contribution >= 4 is 49.8 Å². The first-order valence-corrected chi connectivity index (χ1v) is 15.3. The molecule has 2 heterocycles. The highest BCUT2D eigenvalue weighted by atomic mass is 15.1. The number of aromatic nitrogens is 2. The van der Waals surface area contributed by atoms with Crippen LogP contribution in [0.1, 0.15) is 36.1 Å². The Morgan fingerprint density at radius 3 is 1.82 bits per heavy atom. The van der Waals surface area contributed by atoms with Crippen molar-refractivity contribution in [3.63, 3.8) is 0 Å². The zero-order valence-electron chi connectivity index (χ0n) is 25.0. The van der Waals surface area contributed by atoms with Crippen LogP contribution in [0.5, 0.6) is 0 Å². The lowest BCUT2D eigenvalue weighted by molar-refractivity contribution is 0.661. The molecule has 1 aliphatic carbocycles. The van der Waals surface area contributed by atoms with Gasteiger partial charge in [-0.2, -0.15) is 5.26 Å². The van der Waals surface area contributed by atoms with E-state index >= 15 is 0 Å². The summed E-state index contributed by atoms with van der Waals surface area (Å²) in [6, 6.07) is 45.3. The lowest BCUT2D eigenvalue weighted by Gasteiger charge is -2.22. The van der Waals surface area contributed by atoms with Crippen molar-refractivity contribution in [2.24, 2.45) is 0 Å². The van der Waals surface area contributed by atoms with Crippen LogP contribution in [0.3, 0.4) is 0 Å². The summed E-state index contributed by atoms with van der Waals surface area (Å²) in [4.78, 5) is 0. The Morgan fingerprint density at radius 1 is 0.600 bits per heavy atom. The van der Waals surface area contributed by atoms with Crippen LogP contribution < -0.4 is 0 Å². The maximum atomic E-state index is 10.7. The number of para-hydroxylation sites is 3. The molecule has 0 spiro atoms. The normalized spacial score (nSPS) is 13.4. The van der Waals surface area contributed by atoms with Gasteiger partial charge in [0.05, 0.1) is 39.0 Å². The molecular weight excluding hydrogens is 548 g/mol. The van der Waals surface area contributed by atoms with Crippen LogP contribution in [0, 0.1) is 16.7 Å². The van der Waals surface area contributed by atoms with E-state index < -0.39 is 0 Å². The molecule has 2 aromatic heterocycles. The fourth-order valence-corrected chi connectivity index (χ4v) is 7.83. The lowest BCUT2D eigenvalue weighted by atomic mass is 9.82. The zero-order valence-corrected chi connectivity index (χ0v) is 25.0. The third-order valence-corrected chi connectivity index (χ3v) is 9.88. The molecule has 0 unspecified atom stereocenters. The molecule has 212 valence electrons. The summed E-state index contributed by atoms with van der Waals surface area (Å²) in [5.41, 5.74) is 12.1. The predicted octanol–water partition coefficient (Wildman–Crippen LogP) is 10.1. The molecule has 1 aliphatic rings. The smallest absolute Gasteiger partial charge is 0.102 e. The average molecular weight is 577 g/mol. The Hall–Kier alpha value is -5.92. The first kappa shape index (κ1) is 25.6. The molecule has 6 aromatic carbocycles. The monoisotopic (exact) mass is 576 g/mol. The second-order valence-corrected chi connectivity index (χ2v) is 12.5. The van der Waals surface area contributed by atoms with Gasteiger partial charge in [0.15, 0.2) is 0 Å². The van der Waals surface area contributed by atoms with Crippen molar-refractivity contribution in [3.8, 4) is 28.6 Å². The van der Waals surface area contributed by atoms with Crippen molar-refractivity contribution in [2.75, 3.05) is 0 Å². The Kier molecular flexibility index (Phi) is 5.14. The Labute approximate surface area is 260 Å². The van der Waals surface area contributed by atoms with E-state index in [0.29, 0.717) is 11.1 Å². The van der Waals surface area contributed by atoms with Crippen LogP contribution in [0.25, 0.3) is 66.1 Å². The van der Waals surface area contributed by atoms with Gasteiger partial charge in [-0.05, 0) is 64.7 Å². The predicted molar refractivity (Wildman–Crippen MR) is 185 cm³/mol. The quantitative estimate of drug-likeness (QED) is 0.209. The lowest BCUT2D eigenvalue weighted by Crippen LogP contribution is -2.15. The molecule has 9 rings (SSSR count). The summed E-state index contributed by atoms with van der Waals surface area (Å²) in [7, 11) is 0. The zero-order chi connectivity index (χ0) is 30.4. The molecule has 1 N–H and O–H groups in total. The van der Waals surface area contributed by atoms with Crippen LogP contribution in [-0.2, 0) is 5.41 Å². The number of rotatable bonds is 3. The molecule has 0 saturated carbocycles. The van der Waals surface area contributed by atoms with Gasteiger partial charge in [0.1, 0.15) is 6.07 Å². The fraction of sp³-hybridized carbons (Fsp3) is 0.0732. The summed E-state index contributed by atoms with van der Waals surface area (Å²) >= 11 is 0. The molecule has 0 fully saturated rings. The maximum Gasteiger partial charge on any atom is 0.102 e. The average Bonchev–Trinajstić information content (AvgIpc) is 3.66. The van der Waals surface area contributed by atoms with E-state index in [2.05, 4.69) is 132 Å². The summed E-state index contributed by atoms with van der Waals surface area (Å²) in [6.45, 7) is 4.62. The Morgan fingerprint density at radius 2 is 1.18 bits per heavy atom. The minimum atomic E-state index is -0.154. The molecular formula is C41H28N4. The van der Waals surface area contributed by atoms with Gasteiger partial charge in [0, 0.05) is 38.7 Å². The second kappa shape index (κ2) is 9.05. The Balaban J connectivity index is 1.47. The standard InChI is InChI=1S/C41H28N4/c1-41(2)33-15-7-3-11-26(33)30-21-31-29-14-6-8-16-35(29)44(39(31)22-34(30)41)38-20-19-25(23-42)32(24-43)40(38)45-36-17-9-4-12-27(36)28-13-5-10-18-37(28)45/h3-23,42H,1-2H3. The SMILES string of the molecule is CC1(C)c2ccccc2-c2cc3c4ccccc4n(-c4ccc(C=N)c(C#N)c4-n4c5ccccc5c5ccccc54)c3cc21. The summed E-state index contributed by atoms with van der Waals surface area (Å²) in [5.74, 6) is 0. The van der Waals surface area contributed by atoms with Crippen LogP contribution in [0.2, 0.25) is 0 Å². The first-order valence-electron chi connectivity index (χ1n) is 15.3. The molecule has 0 saturated heterocycles. The first-order chi connectivity index (χ1) is 22.0. The van der Waals surface area contributed by atoms with Gasteiger partial charge in [-0.1, -0.05) is 92.7 Å². The van der Waals surface area contributed by atoms with Gasteiger partial charge in [-0.3, -0.25) is 0 Å². The van der Waals surface area contributed by atoms with Gasteiger partial charge in [0.25, 0.3) is 0 Å². The molecule has 0 amide bonds. The van der Waals surface area contributed by atoms with Crippen molar-refractivity contribution < 1.29 is 0 Å². The van der Waals surface area contributed by atoms with E-state index in [1.54, 1.807) is 0 Å². The number of benzene rings is 6. The number of fused-ring (bicyclic) bond motifs is 9. The van der Waals surface area contributed by atoms with Gasteiger partial charge in [0.2, 0.25) is 0 Å². The van der Waals surface area contributed by atoms with Crippen molar-refractivity contribution in [2.45, 2.75) is 19.3 Å². The highest BCUT2D eigenvalue weighted by Crippen LogP contribution is 2.51. The third-order valence-electron chi connectivity index (χ3n) is 9.88.